The van der Waals surface area contributed by atoms with Crippen LogP contribution in [0.1, 0.15) is 26.3 Å². The van der Waals surface area contributed by atoms with Gasteiger partial charge >= 0.3 is 0 Å². The Morgan fingerprint density at radius 2 is 2.00 bits per heavy atom. The van der Waals surface area contributed by atoms with Crippen LogP contribution in [0.25, 0.3) is 0 Å². The molecule has 1 aromatic rings. The van der Waals surface area contributed by atoms with Crippen molar-refractivity contribution in [2.24, 2.45) is 5.92 Å². The Morgan fingerprint density at radius 3 is 2.52 bits per heavy atom. The molecule has 0 radical (unpaired) electrons. The molecule has 0 bridgehead atoms. The van der Waals surface area contributed by atoms with Crippen LogP contribution in [0.2, 0.25) is 0 Å². The molecule has 1 amide bonds. The summed E-state index contributed by atoms with van der Waals surface area (Å²) in [6.45, 7) is 5.42. The number of carbonyl (C=O) groups excluding carboxylic acids is 1. The number of nitrogens with one attached hydrogen (secondary N) is 2. The number of amides is 1. The molecule has 142 valence electrons. The average molecular weight is 437 g/mol. The number of methoxy groups -OCH3 is 1. The lowest BCUT2D eigenvalue weighted by atomic mass is 10.0. The zero-order chi connectivity index (χ0) is 19.2. The molecular formula is C16H25BrN2O5S. The molecule has 0 fully saturated rings. The van der Waals surface area contributed by atoms with E-state index in [9.17, 15) is 18.3 Å². The summed E-state index contributed by atoms with van der Waals surface area (Å²) in [6, 6.07) is 2.61. The van der Waals surface area contributed by atoms with E-state index in [4.69, 9.17) is 4.74 Å². The highest BCUT2D eigenvalue weighted by Gasteiger charge is 2.26. The van der Waals surface area contributed by atoms with Crippen LogP contribution in [0, 0.1) is 5.92 Å². The molecule has 1 aromatic carbocycles. The summed E-state index contributed by atoms with van der Waals surface area (Å²) in [6.07, 6.45) is 0.506. The maximum absolute atomic E-state index is 12.3. The van der Waals surface area contributed by atoms with Gasteiger partial charge in [0, 0.05) is 6.54 Å². The number of ether oxygens (including phenoxy) is 1. The SMILES string of the molecule is CCS(=O)(=O)NC(C(=O)NCCc1cc(Br)c(O)c(OC)c1)C(C)C. The van der Waals surface area contributed by atoms with Crippen molar-refractivity contribution < 1.29 is 23.1 Å². The first-order valence-corrected chi connectivity index (χ1v) is 10.4. The maximum atomic E-state index is 12.3. The lowest BCUT2D eigenvalue weighted by molar-refractivity contribution is -0.123. The van der Waals surface area contributed by atoms with Crippen LogP contribution in [-0.2, 0) is 21.2 Å². The number of phenols is 1. The van der Waals surface area contributed by atoms with Crippen LogP contribution < -0.4 is 14.8 Å². The van der Waals surface area contributed by atoms with Crippen molar-refractivity contribution in [3.8, 4) is 11.5 Å². The van der Waals surface area contributed by atoms with E-state index in [0.29, 0.717) is 23.2 Å². The van der Waals surface area contributed by atoms with Gasteiger partial charge in [0.25, 0.3) is 0 Å². The van der Waals surface area contributed by atoms with Gasteiger partial charge in [-0.2, -0.15) is 0 Å². The monoisotopic (exact) mass is 436 g/mol. The molecule has 1 unspecified atom stereocenters. The number of halogens is 1. The Kier molecular flexibility index (Phi) is 8.17. The van der Waals surface area contributed by atoms with E-state index in [1.807, 2.05) is 0 Å². The lowest BCUT2D eigenvalue weighted by Crippen LogP contribution is -2.50. The van der Waals surface area contributed by atoms with E-state index < -0.39 is 16.1 Å². The molecule has 0 aromatic heterocycles. The molecule has 1 rings (SSSR count). The van der Waals surface area contributed by atoms with Crippen molar-refractivity contribution in [2.45, 2.75) is 33.2 Å². The first-order valence-electron chi connectivity index (χ1n) is 7.94. The summed E-state index contributed by atoms with van der Waals surface area (Å²) in [4.78, 5) is 12.3. The van der Waals surface area contributed by atoms with E-state index >= 15 is 0 Å². The summed E-state index contributed by atoms with van der Waals surface area (Å²) < 4.78 is 31.5. The van der Waals surface area contributed by atoms with Crippen molar-refractivity contribution in [2.75, 3.05) is 19.4 Å². The summed E-state index contributed by atoms with van der Waals surface area (Å²) in [5, 5.41) is 12.5. The number of phenolic OH excluding ortho intramolecular Hbond substituents is 1. The minimum atomic E-state index is -3.47. The van der Waals surface area contributed by atoms with Crippen LogP contribution in [0.4, 0.5) is 0 Å². The number of aromatic hydroxyl groups is 1. The third-order valence-corrected chi connectivity index (χ3v) is 5.63. The van der Waals surface area contributed by atoms with Gasteiger partial charge in [0.1, 0.15) is 6.04 Å². The van der Waals surface area contributed by atoms with E-state index in [-0.39, 0.29) is 23.3 Å². The van der Waals surface area contributed by atoms with E-state index in [0.717, 1.165) is 5.56 Å². The van der Waals surface area contributed by atoms with Gasteiger partial charge in [0.2, 0.25) is 15.9 Å². The fourth-order valence-corrected chi connectivity index (χ4v) is 3.56. The molecule has 0 heterocycles. The smallest absolute Gasteiger partial charge is 0.238 e. The molecule has 0 saturated carbocycles. The summed E-state index contributed by atoms with van der Waals surface area (Å²) in [5.74, 6) is -0.262. The highest BCUT2D eigenvalue weighted by molar-refractivity contribution is 9.10. The Balaban J connectivity index is 2.70. The van der Waals surface area contributed by atoms with E-state index in [1.165, 1.54) is 14.0 Å². The third-order valence-electron chi connectivity index (χ3n) is 3.66. The Hall–Kier alpha value is -1.32. The van der Waals surface area contributed by atoms with Crippen LogP contribution in [0.15, 0.2) is 16.6 Å². The number of rotatable bonds is 9. The Bertz CT molecular complexity index is 707. The molecule has 0 spiro atoms. The van der Waals surface area contributed by atoms with Gasteiger partial charge in [-0.3, -0.25) is 4.79 Å². The Labute approximate surface area is 157 Å². The summed E-state index contributed by atoms with van der Waals surface area (Å²) in [7, 11) is -2.01. The number of hydrogen-bond acceptors (Lipinski definition) is 5. The molecule has 7 nitrogen and oxygen atoms in total. The molecule has 3 N–H and O–H groups in total. The summed E-state index contributed by atoms with van der Waals surface area (Å²) in [5.41, 5.74) is 0.858. The van der Waals surface area contributed by atoms with E-state index in [2.05, 4.69) is 26.0 Å². The van der Waals surface area contributed by atoms with E-state index in [1.54, 1.807) is 26.0 Å². The van der Waals surface area contributed by atoms with Crippen molar-refractivity contribution in [1.82, 2.24) is 10.0 Å². The normalized spacial score (nSPS) is 12.9. The molecule has 0 saturated heterocycles. The van der Waals surface area contributed by atoms with Gasteiger partial charge < -0.3 is 15.2 Å². The van der Waals surface area contributed by atoms with Gasteiger partial charge in [-0.05, 0) is 52.9 Å². The Morgan fingerprint density at radius 1 is 1.36 bits per heavy atom. The quantitative estimate of drug-likeness (QED) is 0.547. The van der Waals surface area contributed by atoms with Crippen molar-refractivity contribution in [1.29, 1.82) is 0 Å². The molecule has 0 aliphatic rings. The second-order valence-corrected chi connectivity index (χ2v) is 8.81. The molecule has 25 heavy (non-hydrogen) atoms. The first kappa shape index (κ1) is 21.7. The molecule has 9 heteroatoms. The fraction of sp³-hybridized carbons (Fsp3) is 0.562. The van der Waals surface area contributed by atoms with Gasteiger partial charge in [0.05, 0.1) is 17.3 Å². The third kappa shape index (κ3) is 6.48. The topological polar surface area (TPSA) is 105 Å². The van der Waals surface area contributed by atoms with Gasteiger partial charge in [-0.25, -0.2) is 13.1 Å². The predicted octanol–water partition coefficient (Wildman–Crippen LogP) is 1.79. The molecule has 0 aliphatic carbocycles. The standard InChI is InChI=1S/C16H25BrN2O5S/c1-5-25(22,23)19-14(10(2)3)16(21)18-7-6-11-8-12(17)15(20)13(9-11)24-4/h8-10,14,19-20H,5-7H2,1-4H3,(H,18,21). The molecular weight excluding hydrogens is 412 g/mol. The zero-order valence-corrected chi connectivity index (χ0v) is 17.2. The van der Waals surface area contributed by atoms with Crippen molar-refractivity contribution >= 4 is 31.9 Å². The lowest BCUT2D eigenvalue weighted by Gasteiger charge is -2.21. The number of benzene rings is 1. The maximum Gasteiger partial charge on any atom is 0.238 e. The fourth-order valence-electron chi connectivity index (χ4n) is 2.14. The zero-order valence-electron chi connectivity index (χ0n) is 14.8. The first-order chi connectivity index (χ1) is 11.6. The van der Waals surface area contributed by atoms with Crippen molar-refractivity contribution in [3.63, 3.8) is 0 Å². The predicted molar refractivity (Wildman–Crippen MR) is 100 cm³/mol. The number of hydrogen-bond donors (Lipinski definition) is 3. The highest BCUT2D eigenvalue weighted by Crippen LogP contribution is 2.35. The van der Waals surface area contributed by atoms with Crippen LogP contribution in [0.3, 0.4) is 0 Å². The summed E-state index contributed by atoms with van der Waals surface area (Å²) >= 11 is 3.25. The highest BCUT2D eigenvalue weighted by atomic mass is 79.9. The van der Waals surface area contributed by atoms with Gasteiger partial charge in [-0.1, -0.05) is 13.8 Å². The van der Waals surface area contributed by atoms with Crippen LogP contribution >= 0.6 is 15.9 Å². The largest absolute Gasteiger partial charge is 0.503 e. The van der Waals surface area contributed by atoms with Crippen molar-refractivity contribution in [3.05, 3.63) is 22.2 Å². The molecule has 0 aliphatic heterocycles. The second kappa shape index (κ2) is 9.40. The van der Waals surface area contributed by atoms with Gasteiger partial charge in [0.15, 0.2) is 11.5 Å². The molecule has 1 atom stereocenters. The van der Waals surface area contributed by atoms with Gasteiger partial charge in [-0.15, -0.1) is 0 Å². The second-order valence-electron chi connectivity index (χ2n) is 5.91. The minimum Gasteiger partial charge on any atom is -0.503 e. The minimum absolute atomic E-state index is 0.0177. The van der Waals surface area contributed by atoms with Crippen LogP contribution in [-0.4, -0.2) is 44.9 Å². The average Bonchev–Trinajstić information content (AvgIpc) is 2.55. The van der Waals surface area contributed by atoms with Crippen LogP contribution in [0.5, 0.6) is 11.5 Å². The number of sulfonamides is 1. The number of carbonyl (C=O) groups is 1.